The van der Waals surface area contributed by atoms with E-state index in [1.54, 1.807) is 6.07 Å². The molecule has 0 heterocycles. The fourth-order valence-corrected chi connectivity index (χ4v) is 2.81. The first-order valence-corrected chi connectivity index (χ1v) is 7.04. The molecule has 0 fully saturated rings. The quantitative estimate of drug-likeness (QED) is 0.755. The predicted molar refractivity (Wildman–Crippen MR) is 82.7 cm³/mol. The zero-order valence-corrected chi connectivity index (χ0v) is 12.9. The maximum Gasteiger partial charge on any atom is 0.0441 e. The van der Waals surface area contributed by atoms with Crippen LogP contribution in [-0.2, 0) is 6.54 Å². The molecule has 1 nitrogen and oxygen atoms in total. The zero-order chi connectivity index (χ0) is 13.1. The molecule has 0 aliphatic heterocycles. The van der Waals surface area contributed by atoms with Crippen molar-refractivity contribution in [2.75, 3.05) is 5.32 Å². The van der Waals surface area contributed by atoms with Gasteiger partial charge in [-0.3, -0.25) is 0 Å². The van der Waals surface area contributed by atoms with Crippen LogP contribution in [0.15, 0.2) is 40.9 Å². The summed E-state index contributed by atoms with van der Waals surface area (Å²) < 4.78 is 1.10. The highest BCUT2D eigenvalue weighted by Gasteiger charge is 2.02. The van der Waals surface area contributed by atoms with Gasteiger partial charge in [-0.2, -0.15) is 0 Å². The SMILES string of the molecule is Cc1ccc(CNc2cc(Cl)cc(Cl)c2)c(Br)c1. The molecule has 0 aromatic heterocycles. The zero-order valence-electron chi connectivity index (χ0n) is 9.81. The number of aryl methyl sites for hydroxylation is 1. The van der Waals surface area contributed by atoms with Crippen LogP contribution >= 0.6 is 39.1 Å². The molecule has 0 spiro atoms. The normalized spacial score (nSPS) is 10.4. The van der Waals surface area contributed by atoms with Gasteiger partial charge < -0.3 is 5.32 Å². The van der Waals surface area contributed by atoms with Gasteiger partial charge in [-0.05, 0) is 42.3 Å². The Bertz CT molecular complexity index is 549. The molecule has 0 aliphatic rings. The second-order valence-corrected chi connectivity index (χ2v) is 5.83. The van der Waals surface area contributed by atoms with Crippen LogP contribution in [0.3, 0.4) is 0 Å². The first-order chi connectivity index (χ1) is 8.54. The van der Waals surface area contributed by atoms with Crippen molar-refractivity contribution in [3.63, 3.8) is 0 Å². The molecular formula is C14H12BrCl2N. The van der Waals surface area contributed by atoms with Crippen LogP contribution < -0.4 is 5.32 Å². The summed E-state index contributed by atoms with van der Waals surface area (Å²) in [6.07, 6.45) is 0. The van der Waals surface area contributed by atoms with Crippen molar-refractivity contribution in [3.8, 4) is 0 Å². The van der Waals surface area contributed by atoms with Crippen molar-refractivity contribution in [1.82, 2.24) is 0 Å². The summed E-state index contributed by atoms with van der Waals surface area (Å²) in [7, 11) is 0. The van der Waals surface area contributed by atoms with E-state index in [0.717, 1.165) is 16.7 Å². The molecule has 1 N–H and O–H groups in total. The lowest BCUT2D eigenvalue weighted by atomic mass is 10.1. The average Bonchev–Trinajstić information content (AvgIpc) is 2.26. The number of hydrogen-bond donors (Lipinski definition) is 1. The van der Waals surface area contributed by atoms with E-state index < -0.39 is 0 Å². The fourth-order valence-electron chi connectivity index (χ4n) is 1.65. The van der Waals surface area contributed by atoms with Crippen LogP contribution in [0.2, 0.25) is 10.0 Å². The summed E-state index contributed by atoms with van der Waals surface area (Å²) in [5.41, 5.74) is 3.34. The maximum absolute atomic E-state index is 5.95. The van der Waals surface area contributed by atoms with Gasteiger partial charge in [-0.15, -0.1) is 0 Å². The Labute approximate surface area is 125 Å². The summed E-state index contributed by atoms with van der Waals surface area (Å²) in [6.45, 7) is 2.79. The van der Waals surface area contributed by atoms with Gasteiger partial charge in [-0.1, -0.05) is 51.3 Å². The predicted octanol–water partition coefficient (Wildman–Crippen LogP) is 5.68. The molecule has 0 aliphatic carbocycles. The van der Waals surface area contributed by atoms with Crippen LogP contribution in [-0.4, -0.2) is 0 Å². The van der Waals surface area contributed by atoms with Gasteiger partial charge in [0.25, 0.3) is 0 Å². The lowest BCUT2D eigenvalue weighted by molar-refractivity contribution is 1.13. The van der Waals surface area contributed by atoms with Crippen molar-refractivity contribution in [3.05, 3.63) is 62.0 Å². The van der Waals surface area contributed by atoms with Crippen molar-refractivity contribution in [2.24, 2.45) is 0 Å². The Morgan fingerprint density at radius 1 is 1.06 bits per heavy atom. The molecule has 2 aromatic rings. The van der Waals surface area contributed by atoms with E-state index in [-0.39, 0.29) is 0 Å². The number of anilines is 1. The highest BCUT2D eigenvalue weighted by molar-refractivity contribution is 9.10. The minimum absolute atomic E-state index is 0.632. The van der Waals surface area contributed by atoms with E-state index in [2.05, 4.69) is 46.4 Å². The van der Waals surface area contributed by atoms with Gasteiger partial charge in [0.1, 0.15) is 0 Å². The minimum Gasteiger partial charge on any atom is -0.381 e. The smallest absolute Gasteiger partial charge is 0.0441 e. The molecule has 0 amide bonds. The van der Waals surface area contributed by atoms with E-state index in [9.17, 15) is 0 Å². The van der Waals surface area contributed by atoms with E-state index in [0.29, 0.717) is 10.0 Å². The standard InChI is InChI=1S/C14H12BrCl2N/c1-9-2-3-10(14(15)4-9)8-18-13-6-11(16)5-12(17)7-13/h2-7,18H,8H2,1H3. The van der Waals surface area contributed by atoms with Gasteiger partial charge in [0.05, 0.1) is 0 Å². The van der Waals surface area contributed by atoms with Crippen molar-refractivity contribution < 1.29 is 0 Å². The minimum atomic E-state index is 0.632. The number of rotatable bonds is 3. The van der Waals surface area contributed by atoms with Gasteiger partial charge in [0.2, 0.25) is 0 Å². The molecule has 0 unspecified atom stereocenters. The summed E-state index contributed by atoms with van der Waals surface area (Å²) in [5.74, 6) is 0. The van der Waals surface area contributed by atoms with Crippen LogP contribution in [0, 0.1) is 6.92 Å². The third-order valence-electron chi connectivity index (χ3n) is 2.55. The molecule has 18 heavy (non-hydrogen) atoms. The highest BCUT2D eigenvalue weighted by atomic mass is 79.9. The summed E-state index contributed by atoms with van der Waals surface area (Å²) in [4.78, 5) is 0. The first kappa shape index (κ1) is 13.7. The third-order valence-corrected chi connectivity index (χ3v) is 3.73. The Kier molecular flexibility index (Phi) is 4.55. The van der Waals surface area contributed by atoms with Crippen LogP contribution in [0.4, 0.5) is 5.69 Å². The molecule has 94 valence electrons. The van der Waals surface area contributed by atoms with Gasteiger partial charge in [-0.25, -0.2) is 0 Å². The Hall–Kier alpha value is -0.700. The Morgan fingerprint density at radius 2 is 1.72 bits per heavy atom. The second kappa shape index (κ2) is 5.96. The molecule has 0 atom stereocenters. The van der Waals surface area contributed by atoms with Crippen LogP contribution in [0.5, 0.6) is 0 Å². The number of hydrogen-bond acceptors (Lipinski definition) is 1. The molecule has 2 rings (SSSR count). The number of halogens is 3. The van der Waals surface area contributed by atoms with E-state index in [1.807, 2.05) is 12.1 Å². The lowest BCUT2D eigenvalue weighted by Gasteiger charge is -2.09. The van der Waals surface area contributed by atoms with E-state index in [1.165, 1.54) is 11.1 Å². The molecule has 0 bridgehead atoms. The van der Waals surface area contributed by atoms with Gasteiger partial charge in [0.15, 0.2) is 0 Å². The average molecular weight is 345 g/mol. The van der Waals surface area contributed by atoms with Crippen LogP contribution in [0.25, 0.3) is 0 Å². The van der Waals surface area contributed by atoms with E-state index >= 15 is 0 Å². The number of benzene rings is 2. The van der Waals surface area contributed by atoms with Crippen molar-refractivity contribution in [2.45, 2.75) is 13.5 Å². The molecule has 0 saturated heterocycles. The fraction of sp³-hybridized carbons (Fsp3) is 0.143. The topological polar surface area (TPSA) is 12.0 Å². The molecule has 0 radical (unpaired) electrons. The maximum atomic E-state index is 5.95. The molecular weight excluding hydrogens is 333 g/mol. The monoisotopic (exact) mass is 343 g/mol. The third kappa shape index (κ3) is 3.64. The second-order valence-electron chi connectivity index (χ2n) is 4.11. The largest absolute Gasteiger partial charge is 0.381 e. The Balaban J connectivity index is 2.11. The van der Waals surface area contributed by atoms with Gasteiger partial charge >= 0.3 is 0 Å². The summed E-state index contributed by atoms with van der Waals surface area (Å²) in [5, 5.41) is 4.57. The number of nitrogens with one attached hydrogen (secondary N) is 1. The van der Waals surface area contributed by atoms with Crippen LogP contribution in [0.1, 0.15) is 11.1 Å². The lowest BCUT2D eigenvalue weighted by Crippen LogP contribution is -2.00. The van der Waals surface area contributed by atoms with Crippen molar-refractivity contribution in [1.29, 1.82) is 0 Å². The molecule has 0 saturated carbocycles. The summed E-state index contributed by atoms with van der Waals surface area (Å²) in [6, 6.07) is 11.7. The summed E-state index contributed by atoms with van der Waals surface area (Å²) >= 11 is 15.5. The van der Waals surface area contributed by atoms with E-state index in [4.69, 9.17) is 23.2 Å². The first-order valence-electron chi connectivity index (χ1n) is 5.49. The molecule has 2 aromatic carbocycles. The molecule has 4 heteroatoms. The highest BCUT2D eigenvalue weighted by Crippen LogP contribution is 2.24. The van der Waals surface area contributed by atoms with Gasteiger partial charge in [0, 0.05) is 26.8 Å². The van der Waals surface area contributed by atoms with Crippen molar-refractivity contribution >= 4 is 44.8 Å². The Morgan fingerprint density at radius 3 is 2.33 bits per heavy atom.